The lowest BCUT2D eigenvalue weighted by Crippen LogP contribution is -2.41. The third kappa shape index (κ3) is 3.11. The number of methoxy groups -OCH3 is 1. The topological polar surface area (TPSA) is 110 Å². The fourth-order valence-corrected chi connectivity index (χ4v) is 2.73. The minimum Gasteiger partial charge on any atom is -0.504 e. The van der Waals surface area contributed by atoms with Gasteiger partial charge in [0.25, 0.3) is 5.91 Å². The van der Waals surface area contributed by atoms with E-state index in [2.05, 4.69) is 15.3 Å². The Bertz CT molecular complexity index is 986. The summed E-state index contributed by atoms with van der Waals surface area (Å²) in [5.41, 5.74) is 6.11. The van der Waals surface area contributed by atoms with Crippen LogP contribution in [0.1, 0.15) is 29.9 Å². The zero-order valence-electron chi connectivity index (χ0n) is 14.8. The van der Waals surface area contributed by atoms with Crippen LogP contribution in [0.5, 0.6) is 11.5 Å². The molecule has 0 aliphatic rings. The van der Waals surface area contributed by atoms with Gasteiger partial charge in [0.05, 0.1) is 12.6 Å². The average molecular weight is 352 g/mol. The Morgan fingerprint density at radius 3 is 2.77 bits per heavy atom. The summed E-state index contributed by atoms with van der Waals surface area (Å²) in [5.74, 6) is -0.0245. The number of fused-ring (bicyclic) bond motifs is 1. The Morgan fingerprint density at radius 2 is 2.04 bits per heavy atom. The number of hydrogen-bond donors (Lipinski definition) is 3. The fraction of sp³-hybridized carbons (Fsp3) is 0.211. The number of ether oxygens (including phenoxy) is 1. The first-order valence-electron chi connectivity index (χ1n) is 8.03. The SMILES string of the molecule is COc1cccc(C(C)(C)NC(=O)c2nc(N)c3cccnc3c2O)c1. The number of carbonyl (C=O) groups excluding carboxylic acids is 1. The third-order valence-electron chi connectivity index (χ3n) is 4.20. The number of nitrogens with two attached hydrogens (primary N) is 1. The highest BCUT2D eigenvalue weighted by molar-refractivity contribution is 6.03. The van der Waals surface area contributed by atoms with Crippen molar-refractivity contribution < 1.29 is 14.6 Å². The Hall–Kier alpha value is -3.35. The molecule has 3 aromatic rings. The Balaban J connectivity index is 1.97. The average Bonchev–Trinajstić information content (AvgIpc) is 2.64. The molecule has 0 fully saturated rings. The highest BCUT2D eigenvalue weighted by Gasteiger charge is 2.27. The van der Waals surface area contributed by atoms with Crippen LogP contribution >= 0.6 is 0 Å². The molecular weight excluding hydrogens is 332 g/mol. The maximum absolute atomic E-state index is 12.8. The van der Waals surface area contributed by atoms with Crippen LogP contribution in [-0.4, -0.2) is 28.1 Å². The third-order valence-corrected chi connectivity index (χ3v) is 4.20. The van der Waals surface area contributed by atoms with Crippen molar-refractivity contribution >= 4 is 22.6 Å². The van der Waals surface area contributed by atoms with Gasteiger partial charge in [0, 0.05) is 11.6 Å². The van der Waals surface area contributed by atoms with Gasteiger partial charge in [-0.15, -0.1) is 0 Å². The van der Waals surface area contributed by atoms with Crippen LogP contribution in [0.25, 0.3) is 10.9 Å². The molecule has 0 saturated heterocycles. The van der Waals surface area contributed by atoms with E-state index in [0.29, 0.717) is 11.1 Å². The summed E-state index contributed by atoms with van der Waals surface area (Å²) >= 11 is 0. The lowest BCUT2D eigenvalue weighted by Gasteiger charge is -2.27. The molecule has 3 rings (SSSR count). The number of nitrogen functional groups attached to an aromatic ring is 1. The van der Waals surface area contributed by atoms with E-state index in [9.17, 15) is 9.90 Å². The van der Waals surface area contributed by atoms with E-state index >= 15 is 0 Å². The molecule has 0 radical (unpaired) electrons. The van der Waals surface area contributed by atoms with E-state index in [4.69, 9.17) is 10.5 Å². The predicted octanol–water partition coefficient (Wildman–Crippen LogP) is 2.59. The van der Waals surface area contributed by atoms with Crippen molar-refractivity contribution in [2.45, 2.75) is 19.4 Å². The quantitative estimate of drug-likeness (QED) is 0.666. The molecule has 1 amide bonds. The molecule has 4 N–H and O–H groups in total. The molecule has 7 nitrogen and oxygen atoms in total. The maximum Gasteiger partial charge on any atom is 0.274 e. The number of hydrogen-bond acceptors (Lipinski definition) is 6. The van der Waals surface area contributed by atoms with Crippen molar-refractivity contribution in [3.63, 3.8) is 0 Å². The first-order chi connectivity index (χ1) is 12.3. The van der Waals surface area contributed by atoms with Crippen LogP contribution in [0.3, 0.4) is 0 Å². The largest absolute Gasteiger partial charge is 0.504 e. The molecule has 7 heteroatoms. The smallest absolute Gasteiger partial charge is 0.274 e. The first kappa shape index (κ1) is 17.5. The van der Waals surface area contributed by atoms with E-state index in [1.54, 1.807) is 19.2 Å². The maximum atomic E-state index is 12.8. The van der Waals surface area contributed by atoms with Crippen molar-refractivity contribution in [1.82, 2.24) is 15.3 Å². The monoisotopic (exact) mass is 352 g/mol. The lowest BCUT2D eigenvalue weighted by atomic mass is 9.93. The van der Waals surface area contributed by atoms with Crippen LogP contribution in [0.15, 0.2) is 42.6 Å². The standard InChI is InChI=1S/C19H20N4O3/c1-19(2,11-6-4-7-12(10-11)26-3)23-18(25)15-16(24)14-13(17(20)22-15)8-5-9-21-14/h4-10,24H,1-3H3,(H2,20,22)(H,23,25). The zero-order chi connectivity index (χ0) is 18.9. The van der Waals surface area contributed by atoms with Crippen LogP contribution in [-0.2, 0) is 5.54 Å². The van der Waals surface area contributed by atoms with Gasteiger partial charge >= 0.3 is 0 Å². The number of nitrogens with one attached hydrogen (secondary N) is 1. The minimum absolute atomic E-state index is 0.134. The summed E-state index contributed by atoms with van der Waals surface area (Å²) in [6.45, 7) is 3.69. The number of carbonyl (C=O) groups is 1. The van der Waals surface area contributed by atoms with Crippen LogP contribution in [0, 0.1) is 0 Å². The highest BCUT2D eigenvalue weighted by Crippen LogP contribution is 2.30. The van der Waals surface area contributed by atoms with Gasteiger partial charge in [0.15, 0.2) is 11.4 Å². The Morgan fingerprint density at radius 1 is 1.27 bits per heavy atom. The van der Waals surface area contributed by atoms with Gasteiger partial charge in [-0.3, -0.25) is 9.78 Å². The molecular formula is C19H20N4O3. The Labute approximate surface area is 150 Å². The van der Waals surface area contributed by atoms with Crippen molar-refractivity contribution in [3.05, 3.63) is 53.9 Å². The summed E-state index contributed by atoms with van der Waals surface area (Å²) in [4.78, 5) is 20.9. The van der Waals surface area contributed by atoms with Gasteiger partial charge in [-0.1, -0.05) is 12.1 Å². The molecule has 2 aromatic heterocycles. The molecule has 0 unspecified atom stereocenters. The second-order valence-corrected chi connectivity index (χ2v) is 6.40. The number of benzene rings is 1. The summed E-state index contributed by atoms with van der Waals surface area (Å²) in [5, 5.41) is 13.8. The summed E-state index contributed by atoms with van der Waals surface area (Å²) in [6.07, 6.45) is 1.52. The van der Waals surface area contributed by atoms with Gasteiger partial charge in [0.1, 0.15) is 17.1 Å². The molecule has 1 aromatic carbocycles. The molecule has 2 heterocycles. The van der Waals surface area contributed by atoms with Crippen LogP contribution < -0.4 is 15.8 Å². The van der Waals surface area contributed by atoms with Crippen molar-refractivity contribution in [3.8, 4) is 11.5 Å². The summed E-state index contributed by atoms with van der Waals surface area (Å²) in [7, 11) is 1.58. The van der Waals surface area contributed by atoms with Gasteiger partial charge < -0.3 is 20.9 Å². The number of rotatable bonds is 4. The van der Waals surface area contributed by atoms with E-state index in [1.807, 2.05) is 38.1 Å². The van der Waals surface area contributed by atoms with Crippen molar-refractivity contribution in [2.75, 3.05) is 12.8 Å². The first-order valence-corrected chi connectivity index (χ1v) is 8.03. The highest BCUT2D eigenvalue weighted by atomic mass is 16.5. The molecule has 0 aliphatic heterocycles. The molecule has 26 heavy (non-hydrogen) atoms. The summed E-state index contributed by atoms with van der Waals surface area (Å²) < 4.78 is 5.23. The normalized spacial score (nSPS) is 11.3. The summed E-state index contributed by atoms with van der Waals surface area (Å²) in [6, 6.07) is 10.8. The molecule has 0 saturated carbocycles. The molecule has 134 valence electrons. The molecule has 0 atom stereocenters. The lowest BCUT2D eigenvalue weighted by molar-refractivity contribution is 0.0904. The van der Waals surface area contributed by atoms with Crippen LogP contribution in [0.4, 0.5) is 5.82 Å². The second-order valence-electron chi connectivity index (χ2n) is 6.40. The number of anilines is 1. The number of pyridine rings is 2. The molecule has 0 bridgehead atoms. The van der Waals surface area contributed by atoms with Crippen molar-refractivity contribution in [1.29, 1.82) is 0 Å². The fourth-order valence-electron chi connectivity index (χ4n) is 2.73. The molecule has 0 spiro atoms. The minimum atomic E-state index is -0.729. The van der Waals surface area contributed by atoms with E-state index in [-0.39, 0.29) is 22.8 Å². The predicted molar refractivity (Wildman–Crippen MR) is 99.1 cm³/mol. The van der Waals surface area contributed by atoms with E-state index in [0.717, 1.165) is 5.56 Å². The van der Waals surface area contributed by atoms with Gasteiger partial charge in [-0.2, -0.15) is 0 Å². The van der Waals surface area contributed by atoms with Gasteiger partial charge in [-0.25, -0.2) is 4.98 Å². The number of aromatic hydroxyl groups is 1. The zero-order valence-corrected chi connectivity index (χ0v) is 14.8. The number of amides is 1. The van der Waals surface area contributed by atoms with Crippen LogP contribution in [0.2, 0.25) is 0 Å². The van der Waals surface area contributed by atoms with Gasteiger partial charge in [-0.05, 0) is 43.7 Å². The van der Waals surface area contributed by atoms with E-state index in [1.165, 1.54) is 6.20 Å². The van der Waals surface area contributed by atoms with Gasteiger partial charge in [0.2, 0.25) is 0 Å². The van der Waals surface area contributed by atoms with Crippen molar-refractivity contribution in [2.24, 2.45) is 0 Å². The molecule has 0 aliphatic carbocycles. The Kier molecular flexibility index (Phi) is 4.38. The number of aromatic nitrogens is 2. The number of nitrogens with zero attached hydrogens (tertiary/aromatic N) is 2. The van der Waals surface area contributed by atoms with E-state index < -0.39 is 11.4 Å². The second kappa shape index (κ2) is 6.51.